The Hall–Kier alpha value is -3.20. The molecule has 2 heterocycles. The molecule has 0 aliphatic carbocycles. The van der Waals surface area contributed by atoms with E-state index in [4.69, 9.17) is 4.42 Å². The molecule has 0 aliphatic rings. The average Bonchev–Trinajstić information content (AvgIpc) is 3.28. The standard InChI is InChI=1S/C18H15N5O3S/c1-11(27-18-19-14-5-3-4-6-15(14)22(18)2)16-20-21-17(26-16)12-7-9-13(10-8-12)23(24)25/h3-11H,1-2H3/t11-/m0/s1. The first-order valence-corrected chi connectivity index (χ1v) is 9.07. The Labute approximate surface area is 158 Å². The molecule has 0 bridgehead atoms. The van der Waals surface area contributed by atoms with Crippen LogP contribution < -0.4 is 0 Å². The normalized spacial score (nSPS) is 12.4. The zero-order chi connectivity index (χ0) is 19.0. The highest BCUT2D eigenvalue weighted by molar-refractivity contribution is 7.99. The molecule has 2 aromatic heterocycles. The Morgan fingerprint density at radius 1 is 1.15 bits per heavy atom. The molecule has 0 spiro atoms. The van der Waals surface area contributed by atoms with Crippen LogP contribution in [0, 0.1) is 10.1 Å². The molecule has 4 rings (SSSR count). The highest BCUT2D eigenvalue weighted by atomic mass is 32.2. The van der Waals surface area contributed by atoms with Gasteiger partial charge in [0.15, 0.2) is 5.16 Å². The van der Waals surface area contributed by atoms with E-state index < -0.39 is 4.92 Å². The number of aromatic nitrogens is 4. The first-order valence-electron chi connectivity index (χ1n) is 8.19. The van der Waals surface area contributed by atoms with Crippen molar-refractivity contribution >= 4 is 28.5 Å². The third kappa shape index (κ3) is 3.28. The van der Waals surface area contributed by atoms with Crippen molar-refractivity contribution in [1.82, 2.24) is 19.7 Å². The fourth-order valence-electron chi connectivity index (χ4n) is 2.68. The number of benzene rings is 2. The second-order valence-electron chi connectivity index (χ2n) is 5.95. The third-order valence-corrected chi connectivity index (χ3v) is 5.27. The summed E-state index contributed by atoms with van der Waals surface area (Å²) in [6.45, 7) is 1.97. The van der Waals surface area contributed by atoms with Gasteiger partial charge in [-0.1, -0.05) is 23.9 Å². The lowest BCUT2D eigenvalue weighted by molar-refractivity contribution is -0.384. The number of thioether (sulfide) groups is 1. The number of hydrogen-bond acceptors (Lipinski definition) is 7. The van der Waals surface area contributed by atoms with E-state index in [1.807, 2.05) is 42.8 Å². The molecule has 8 nitrogen and oxygen atoms in total. The zero-order valence-electron chi connectivity index (χ0n) is 14.6. The molecule has 9 heteroatoms. The number of para-hydroxylation sites is 2. The quantitative estimate of drug-likeness (QED) is 0.287. The lowest BCUT2D eigenvalue weighted by Crippen LogP contribution is -1.94. The molecule has 0 N–H and O–H groups in total. The number of nitro groups is 1. The van der Waals surface area contributed by atoms with Crippen molar-refractivity contribution < 1.29 is 9.34 Å². The number of rotatable bonds is 5. The zero-order valence-corrected chi connectivity index (χ0v) is 15.4. The Morgan fingerprint density at radius 2 is 1.89 bits per heavy atom. The maximum atomic E-state index is 10.8. The number of nitro benzene ring substituents is 1. The van der Waals surface area contributed by atoms with Crippen LogP contribution in [0.25, 0.3) is 22.5 Å². The molecule has 0 unspecified atom stereocenters. The van der Waals surface area contributed by atoms with Crippen molar-refractivity contribution in [3.05, 3.63) is 64.5 Å². The van der Waals surface area contributed by atoms with Gasteiger partial charge in [-0.25, -0.2) is 4.98 Å². The monoisotopic (exact) mass is 381 g/mol. The van der Waals surface area contributed by atoms with Gasteiger partial charge in [-0.3, -0.25) is 10.1 Å². The maximum Gasteiger partial charge on any atom is 0.269 e. The molecule has 4 aromatic rings. The summed E-state index contributed by atoms with van der Waals surface area (Å²) in [5.74, 6) is 0.803. The Bertz CT molecular complexity index is 1120. The van der Waals surface area contributed by atoms with E-state index in [0.717, 1.165) is 16.2 Å². The van der Waals surface area contributed by atoms with Gasteiger partial charge >= 0.3 is 0 Å². The summed E-state index contributed by atoms with van der Waals surface area (Å²) in [7, 11) is 1.97. The summed E-state index contributed by atoms with van der Waals surface area (Å²) in [5, 5.41) is 19.7. The molecule has 0 fully saturated rings. The number of aryl methyl sites for hydroxylation is 1. The van der Waals surface area contributed by atoms with Crippen LogP contribution in [0.15, 0.2) is 58.1 Å². The van der Waals surface area contributed by atoms with Crippen LogP contribution in [-0.4, -0.2) is 24.7 Å². The Kier molecular flexibility index (Phi) is 4.36. The lowest BCUT2D eigenvalue weighted by atomic mass is 10.2. The van der Waals surface area contributed by atoms with E-state index in [1.54, 1.807) is 12.1 Å². The SMILES string of the molecule is C[C@H](Sc1nc2ccccc2n1C)c1nnc(-c2ccc([N+](=O)[O-])cc2)o1. The summed E-state index contributed by atoms with van der Waals surface area (Å²) in [4.78, 5) is 14.9. The smallest absolute Gasteiger partial charge is 0.269 e. The molecule has 2 aromatic carbocycles. The van der Waals surface area contributed by atoms with Crippen LogP contribution in [0.5, 0.6) is 0 Å². The molecule has 0 radical (unpaired) electrons. The van der Waals surface area contributed by atoms with Gasteiger partial charge in [-0.2, -0.15) is 0 Å². The van der Waals surface area contributed by atoms with Crippen molar-refractivity contribution in [2.45, 2.75) is 17.3 Å². The second-order valence-corrected chi connectivity index (χ2v) is 7.26. The van der Waals surface area contributed by atoms with Crippen molar-refractivity contribution in [3.63, 3.8) is 0 Å². The van der Waals surface area contributed by atoms with Crippen molar-refractivity contribution in [1.29, 1.82) is 0 Å². The van der Waals surface area contributed by atoms with Gasteiger partial charge in [0, 0.05) is 24.7 Å². The maximum absolute atomic E-state index is 10.8. The van der Waals surface area contributed by atoms with Crippen molar-refractivity contribution in [3.8, 4) is 11.5 Å². The van der Waals surface area contributed by atoms with Gasteiger partial charge in [0.2, 0.25) is 11.8 Å². The molecule has 136 valence electrons. The molecule has 1 atom stereocenters. The van der Waals surface area contributed by atoms with Crippen LogP contribution in [0.3, 0.4) is 0 Å². The Balaban J connectivity index is 1.55. The largest absolute Gasteiger partial charge is 0.419 e. The summed E-state index contributed by atoms with van der Waals surface area (Å²) < 4.78 is 7.80. The predicted octanol–water partition coefficient (Wildman–Crippen LogP) is 4.38. The van der Waals surface area contributed by atoms with Crippen LogP contribution >= 0.6 is 11.8 Å². The third-order valence-electron chi connectivity index (χ3n) is 4.14. The Morgan fingerprint density at radius 3 is 2.59 bits per heavy atom. The average molecular weight is 381 g/mol. The molecular weight excluding hydrogens is 366 g/mol. The number of hydrogen-bond donors (Lipinski definition) is 0. The summed E-state index contributed by atoms with van der Waals surface area (Å²) in [6.07, 6.45) is 0. The number of imidazole rings is 1. The highest BCUT2D eigenvalue weighted by Crippen LogP contribution is 2.35. The fraction of sp³-hybridized carbons (Fsp3) is 0.167. The van der Waals surface area contributed by atoms with Crippen LogP contribution in [0.4, 0.5) is 5.69 Å². The van der Waals surface area contributed by atoms with Gasteiger partial charge in [-0.05, 0) is 31.2 Å². The van der Waals surface area contributed by atoms with E-state index >= 15 is 0 Å². The fourth-order valence-corrected chi connectivity index (χ4v) is 3.60. The molecule has 27 heavy (non-hydrogen) atoms. The molecule has 0 saturated heterocycles. The van der Waals surface area contributed by atoms with Gasteiger partial charge in [0.25, 0.3) is 5.69 Å². The van der Waals surface area contributed by atoms with Gasteiger partial charge in [0.1, 0.15) is 0 Å². The first kappa shape index (κ1) is 17.2. The molecular formula is C18H15N5O3S. The minimum Gasteiger partial charge on any atom is -0.419 e. The van der Waals surface area contributed by atoms with Crippen molar-refractivity contribution in [2.75, 3.05) is 0 Å². The van der Waals surface area contributed by atoms with E-state index in [9.17, 15) is 10.1 Å². The van der Waals surface area contributed by atoms with Gasteiger partial charge in [0.05, 0.1) is 21.2 Å². The first-order chi connectivity index (χ1) is 13.0. The van der Waals surface area contributed by atoms with E-state index in [2.05, 4.69) is 15.2 Å². The highest BCUT2D eigenvalue weighted by Gasteiger charge is 2.19. The van der Waals surface area contributed by atoms with E-state index in [0.29, 0.717) is 17.3 Å². The van der Waals surface area contributed by atoms with Crippen LogP contribution in [0.2, 0.25) is 0 Å². The lowest BCUT2D eigenvalue weighted by Gasteiger charge is -2.06. The molecule has 0 aliphatic heterocycles. The minimum atomic E-state index is -0.446. The van der Waals surface area contributed by atoms with Crippen molar-refractivity contribution in [2.24, 2.45) is 7.05 Å². The topological polar surface area (TPSA) is 99.9 Å². The molecule has 0 amide bonds. The number of nitrogens with zero attached hydrogens (tertiary/aromatic N) is 5. The minimum absolute atomic E-state index is 0.0178. The molecule has 0 saturated carbocycles. The summed E-state index contributed by atoms with van der Waals surface area (Å²) in [6, 6.07) is 14.0. The van der Waals surface area contributed by atoms with Gasteiger partial charge < -0.3 is 8.98 Å². The van der Waals surface area contributed by atoms with Crippen LogP contribution in [-0.2, 0) is 7.05 Å². The van der Waals surface area contributed by atoms with E-state index in [1.165, 1.54) is 23.9 Å². The number of non-ortho nitro benzene ring substituents is 1. The number of fused-ring (bicyclic) bond motifs is 1. The summed E-state index contributed by atoms with van der Waals surface area (Å²) >= 11 is 1.53. The van der Waals surface area contributed by atoms with Gasteiger partial charge in [-0.15, -0.1) is 10.2 Å². The predicted molar refractivity (Wildman–Crippen MR) is 101 cm³/mol. The second kappa shape index (κ2) is 6.84. The summed E-state index contributed by atoms with van der Waals surface area (Å²) in [5.41, 5.74) is 2.65. The van der Waals surface area contributed by atoms with Crippen LogP contribution in [0.1, 0.15) is 18.1 Å². The van der Waals surface area contributed by atoms with E-state index in [-0.39, 0.29) is 10.9 Å².